The van der Waals surface area contributed by atoms with Gasteiger partial charge in [0.1, 0.15) is 5.82 Å². The van der Waals surface area contributed by atoms with Crippen molar-refractivity contribution >= 4 is 11.6 Å². The molecule has 1 aliphatic rings. The van der Waals surface area contributed by atoms with E-state index in [1.165, 1.54) is 12.1 Å². The van der Waals surface area contributed by atoms with Crippen molar-refractivity contribution in [2.45, 2.75) is 26.4 Å². The quantitative estimate of drug-likeness (QED) is 0.752. The van der Waals surface area contributed by atoms with Crippen LogP contribution in [0.1, 0.15) is 18.1 Å². The lowest BCUT2D eigenvalue weighted by Crippen LogP contribution is -2.54. The van der Waals surface area contributed by atoms with Gasteiger partial charge in [-0.25, -0.2) is 4.39 Å². The Hall–Kier alpha value is -2.99. The van der Waals surface area contributed by atoms with Gasteiger partial charge in [0.2, 0.25) is 5.91 Å². The van der Waals surface area contributed by atoms with Crippen molar-refractivity contribution < 1.29 is 9.18 Å². The van der Waals surface area contributed by atoms with Gasteiger partial charge < -0.3 is 4.90 Å². The van der Waals surface area contributed by atoms with Crippen LogP contribution in [0.3, 0.4) is 0 Å². The summed E-state index contributed by atoms with van der Waals surface area (Å²) in [5, 5.41) is 7.11. The number of rotatable bonds is 4. The van der Waals surface area contributed by atoms with E-state index in [1.54, 1.807) is 12.3 Å². The van der Waals surface area contributed by atoms with Gasteiger partial charge in [-0.1, -0.05) is 24.3 Å². The molecule has 1 saturated heterocycles. The van der Waals surface area contributed by atoms with Gasteiger partial charge in [-0.2, -0.15) is 5.10 Å². The molecule has 0 saturated carbocycles. The van der Waals surface area contributed by atoms with Crippen molar-refractivity contribution in [3.05, 3.63) is 71.7 Å². The number of H-pyrrole nitrogens is 1. The van der Waals surface area contributed by atoms with E-state index in [-0.39, 0.29) is 17.8 Å². The Balaban J connectivity index is 1.52. The lowest BCUT2D eigenvalue weighted by Gasteiger charge is -2.39. The maximum atomic E-state index is 13.6. The predicted molar refractivity (Wildman–Crippen MR) is 107 cm³/mol. The largest absolute Gasteiger partial charge is 0.310 e. The molecule has 3 aromatic rings. The fraction of sp³-hybridized carbons (Fsp3) is 0.273. The minimum atomic E-state index is -0.284. The maximum Gasteiger partial charge on any atom is 0.241 e. The van der Waals surface area contributed by atoms with Crippen molar-refractivity contribution in [3.8, 4) is 11.3 Å². The Morgan fingerprint density at radius 2 is 2.04 bits per heavy atom. The van der Waals surface area contributed by atoms with Crippen LogP contribution in [0.15, 0.2) is 54.7 Å². The first-order valence-electron chi connectivity index (χ1n) is 9.40. The number of halogens is 1. The summed E-state index contributed by atoms with van der Waals surface area (Å²) in [7, 11) is 0. The van der Waals surface area contributed by atoms with E-state index in [2.05, 4.69) is 22.0 Å². The van der Waals surface area contributed by atoms with Gasteiger partial charge in [0, 0.05) is 35.9 Å². The van der Waals surface area contributed by atoms with Crippen LogP contribution in [0.5, 0.6) is 0 Å². The zero-order valence-electron chi connectivity index (χ0n) is 16.0. The van der Waals surface area contributed by atoms with Crippen LogP contribution in [0.2, 0.25) is 0 Å². The van der Waals surface area contributed by atoms with Gasteiger partial charge in [-0.15, -0.1) is 0 Å². The molecule has 0 spiro atoms. The van der Waals surface area contributed by atoms with Crippen molar-refractivity contribution in [1.29, 1.82) is 0 Å². The number of anilines is 1. The van der Waals surface area contributed by atoms with E-state index in [0.717, 1.165) is 28.1 Å². The first kappa shape index (κ1) is 18.4. The number of benzene rings is 2. The van der Waals surface area contributed by atoms with Gasteiger partial charge in [-0.05, 0) is 43.7 Å². The zero-order chi connectivity index (χ0) is 19.7. The highest BCUT2D eigenvalue weighted by atomic mass is 19.1. The summed E-state index contributed by atoms with van der Waals surface area (Å²) in [6.45, 7) is 5.70. The average molecular weight is 378 g/mol. The third-order valence-corrected chi connectivity index (χ3v) is 5.23. The highest BCUT2D eigenvalue weighted by Gasteiger charge is 2.31. The molecule has 1 N–H and O–H groups in total. The number of piperazine rings is 1. The normalized spacial score (nSPS) is 17.9. The minimum Gasteiger partial charge on any atom is -0.310 e. The molecule has 144 valence electrons. The smallest absolute Gasteiger partial charge is 0.241 e. The van der Waals surface area contributed by atoms with E-state index in [1.807, 2.05) is 42.2 Å². The number of aromatic nitrogens is 2. The van der Waals surface area contributed by atoms with Gasteiger partial charge in [-0.3, -0.25) is 14.8 Å². The van der Waals surface area contributed by atoms with E-state index in [0.29, 0.717) is 19.6 Å². The number of nitrogens with zero attached hydrogens (tertiary/aromatic N) is 3. The molecule has 2 aromatic carbocycles. The van der Waals surface area contributed by atoms with Gasteiger partial charge in [0.15, 0.2) is 0 Å². The molecule has 28 heavy (non-hydrogen) atoms. The summed E-state index contributed by atoms with van der Waals surface area (Å²) in [4.78, 5) is 16.8. The maximum absolute atomic E-state index is 13.6. The van der Waals surface area contributed by atoms with E-state index in [9.17, 15) is 9.18 Å². The zero-order valence-corrected chi connectivity index (χ0v) is 16.0. The highest BCUT2D eigenvalue weighted by molar-refractivity contribution is 5.95. The molecule has 1 amide bonds. The molecule has 6 heteroatoms. The van der Waals surface area contributed by atoms with Crippen molar-refractivity contribution in [2.75, 3.05) is 18.0 Å². The lowest BCUT2D eigenvalue weighted by atomic mass is 10.1. The van der Waals surface area contributed by atoms with Crippen LogP contribution in [0, 0.1) is 12.7 Å². The molecule has 0 unspecified atom stereocenters. The molecule has 0 bridgehead atoms. The Kier molecular flexibility index (Phi) is 4.96. The molecule has 0 radical (unpaired) electrons. The standard InChI is InChI=1S/C22H23FN4O/c1-15-5-3-8-20(9-15)27-12-16(2)26(14-21(27)28)13-18-11-24-25-22(18)17-6-4-7-19(23)10-17/h3-11,16H,12-14H2,1-2H3,(H,24,25)/t16-/m0/s1. The molecule has 1 aromatic heterocycles. The molecule has 2 heterocycles. The summed E-state index contributed by atoms with van der Waals surface area (Å²) in [5.41, 5.74) is 4.58. The molecule has 1 fully saturated rings. The summed E-state index contributed by atoms with van der Waals surface area (Å²) < 4.78 is 13.6. The second-order valence-electron chi connectivity index (χ2n) is 7.38. The van der Waals surface area contributed by atoms with Crippen molar-refractivity contribution in [3.63, 3.8) is 0 Å². The number of carbonyl (C=O) groups is 1. The first-order chi connectivity index (χ1) is 13.5. The number of aryl methyl sites for hydroxylation is 1. The summed E-state index contributed by atoms with van der Waals surface area (Å²) >= 11 is 0. The van der Waals surface area contributed by atoms with Crippen molar-refractivity contribution in [2.24, 2.45) is 0 Å². The Morgan fingerprint density at radius 1 is 1.21 bits per heavy atom. The third kappa shape index (κ3) is 3.68. The van der Waals surface area contributed by atoms with Gasteiger partial charge in [0.25, 0.3) is 0 Å². The fourth-order valence-corrected chi connectivity index (χ4v) is 3.70. The summed E-state index contributed by atoms with van der Waals surface area (Å²) in [6, 6.07) is 14.7. The second-order valence-corrected chi connectivity index (χ2v) is 7.38. The second kappa shape index (κ2) is 7.56. The summed E-state index contributed by atoms with van der Waals surface area (Å²) in [5.74, 6) is -0.201. The number of aromatic amines is 1. The molecular formula is C22H23FN4O. The van der Waals surface area contributed by atoms with Crippen molar-refractivity contribution in [1.82, 2.24) is 15.1 Å². The molecule has 4 rings (SSSR count). The average Bonchev–Trinajstić information content (AvgIpc) is 3.12. The van der Waals surface area contributed by atoms with E-state index in [4.69, 9.17) is 0 Å². The molecule has 1 aliphatic heterocycles. The van der Waals surface area contributed by atoms with E-state index < -0.39 is 0 Å². The van der Waals surface area contributed by atoms with Crippen LogP contribution < -0.4 is 4.90 Å². The number of hydrogen-bond donors (Lipinski definition) is 1. The SMILES string of the molecule is Cc1cccc(N2C[C@H](C)N(Cc3cn[nH]c3-c3cccc(F)c3)CC2=O)c1. The Morgan fingerprint density at radius 3 is 2.82 bits per heavy atom. The van der Waals surface area contributed by atoms with Crippen LogP contribution in [-0.2, 0) is 11.3 Å². The summed E-state index contributed by atoms with van der Waals surface area (Å²) in [6.07, 6.45) is 1.75. The minimum absolute atomic E-state index is 0.0829. The first-order valence-corrected chi connectivity index (χ1v) is 9.40. The van der Waals surface area contributed by atoms with Gasteiger partial charge in [0.05, 0.1) is 18.4 Å². The van der Waals surface area contributed by atoms with E-state index >= 15 is 0 Å². The topological polar surface area (TPSA) is 52.2 Å². The molecule has 0 aliphatic carbocycles. The van der Waals surface area contributed by atoms with Crippen LogP contribution >= 0.6 is 0 Å². The van der Waals surface area contributed by atoms with Gasteiger partial charge >= 0.3 is 0 Å². The van der Waals surface area contributed by atoms with Crippen LogP contribution in [-0.4, -0.2) is 40.1 Å². The molecular weight excluding hydrogens is 355 g/mol. The number of carbonyl (C=O) groups excluding carboxylic acids is 1. The monoisotopic (exact) mass is 378 g/mol. The predicted octanol–water partition coefficient (Wildman–Crippen LogP) is 3.76. The number of amides is 1. The number of nitrogens with one attached hydrogen (secondary N) is 1. The Bertz CT molecular complexity index is 999. The molecule has 5 nitrogen and oxygen atoms in total. The molecule has 1 atom stereocenters. The highest BCUT2D eigenvalue weighted by Crippen LogP contribution is 2.26. The van der Waals surface area contributed by atoms with Crippen LogP contribution in [0.4, 0.5) is 10.1 Å². The fourth-order valence-electron chi connectivity index (χ4n) is 3.70. The number of hydrogen-bond acceptors (Lipinski definition) is 3. The Labute approximate surface area is 163 Å². The lowest BCUT2D eigenvalue weighted by molar-refractivity contribution is -0.122. The third-order valence-electron chi connectivity index (χ3n) is 5.23. The van der Waals surface area contributed by atoms with Crippen LogP contribution in [0.25, 0.3) is 11.3 Å².